The Bertz CT molecular complexity index is 468. The van der Waals surface area contributed by atoms with Crippen molar-refractivity contribution in [1.29, 1.82) is 0 Å². The molecule has 0 atom stereocenters. The van der Waals surface area contributed by atoms with Crippen LogP contribution in [0.1, 0.15) is 5.56 Å². The first-order valence-electron chi connectivity index (χ1n) is 4.23. The van der Waals surface area contributed by atoms with E-state index in [1.807, 2.05) is 24.3 Å². The van der Waals surface area contributed by atoms with E-state index in [9.17, 15) is 4.79 Å². The lowest BCUT2D eigenvalue weighted by Gasteiger charge is -1.97. The van der Waals surface area contributed by atoms with E-state index in [4.69, 9.17) is 5.73 Å². The van der Waals surface area contributed by atoms with Crippen molar-refractivity contribution >= 4 is 0 Å². The second-order valence-corrected chi connectivity index (χ2v) is 2.93. The van der Waals surface area contributed by atoms with E-state index >= 15 is 0 Å². The highest BCUT2D eigenvalue weighted by Crippen LogP contribution is 2.12. The summed E-state index contributed by atoms with van der Waals surface area (Å²) in [5, 5.41) is 6.13. The molecule has 0 aliphatic heterocycles. The van der Waals surface area contributed by atoms with Crippen LogP contribution in [0.5, 0.6) is 0 Å². The molecule has 5 heteroatoms. The molecule has 2 aromatic rings. The minimum Gasteiger partial charge on any atom is -0.326 e. The number of aromatic amines is 2. The predicted octanol–water partition coefficient (Wildman–Crippen LogP) is 0.224. The summed E-state index contributed by atoms with van der Waals surface area (Å²) in [5.74, 6) is 0.540. The van der Waals surface area contributed by atoms with Gasteiger partial charge < -0.3 is 5.73 Å². The Labute approximate surface area is 80.0 Å². The highest BCUT2D eigenvalue weighted by atomic mass is 16.1. The Hall–Kier alpha value is -1.88. The van der Waals surface area contributed by atoms with E-state index in [1.54, 1.807) is 0 Å². The average molecular weight is 190 g/mol. The molecule has 0 unspecified atom stereocenters. The molecule has 0 aliphatic carbocycles. The van der Waals surface area contributed by atoms with Crippen molar-refractivity contribution in [2.75, 3.05) is 0 Å². The van der Waals surface area contributed by atoms with E-state index in [-0.39, 0.29) is 5.69 Å². The molecular weight excluding hydrogens is 180 g/mol. The Morgan fingerprint density at radius 1 is 1.29 bits per heavy atom. The van der Waals surface area contributed by atoms with Gasteiger partial charge in [0.15, 0.2) is 5.82 Å². The zero-order chi connectivity index (χ0) is 9.97. The number of nitrogens with zero attached hydrogens (tertiary/aromatic N) is 1. The summed E-state index contributed by atoms with van der Waals surface area (Å²) in [5.41, 5.74) is 7.07. The Morgan fingerprint density at radius 2 is 2.00 bits per heavy atom. The maximum absolute atomic E-state index is 10.8. The van der Waals surface area contributed by atoms with Crippen LogP contribution in [-0.4, -0.2) is 15.2 Å². The number of aromatic nitrogens is 3. The summed E-state index contributed by atoms with van der Waals surface area (Å²) in [6.45, 7) is 0.511. The van der Waals surface area contributed by atoms with Gasteiger partial charge in [0.25, 0.3) is 0 Å². The SMILES string of the molecule is NCc1ccc(-c2n[nH]c(=O)[nH]2)cc1. The molecule has 0 bridgehead atoms. The topological polar surface area (TPSA) is 87.6 Å². The summed E-state index contributed by atoms with van der Waals surface area (Å²) < 4.78 is 0. The number of benzene rings is 1. The third kappa shape index (κ3) is 1.57. The van der Waals surface area contributed by atoms with Gasteiger partial charge in [0, 0.05) is 12.1 Å². The lowest BCUT2D eigenvalue weighted by Crippen LogP contribution is -2.00. The Balaban J connectivity index is 2.38. The van der Waals surface area contributed by atoms with E-state index in [0.29, 0.717) is 12.4 Å². The van der Waals surface area contributed by atoms with E-state index < -0.39 is 0 Å². The molecule has 1 aromatic carbocycles. The Kier molecular flexibility index (Phi) is 2.16. The summed E-state index contributed by atoms with van der Waals surface area (Å²) in [6, 6.07) is 7.55. The van der Waals surface area contributed by atoms with Gasteiger partial charge in [-0.05, 0) is 5.56 Å². The van der Waals surface area contributed by atoms with E-state index in [2.05, 4.69) is 15.2 Å². The monoisotopic (exact) mass is 190 g/mol. The van der Waals surface area contributed by atoms with Crippen LogP contribution >= 0.6 is 0 Å². The first-order valence-corrected chi connectivity index (χ1v) is 4.23. The molecule has 0 fully saturated rings. The van der Waals surface area contributed by atoms with Crippen molar-refractivity contribution < 1.29 is 0 Å². The van der Waals surface area contributed by atoms with Gasteiger partial charge in [-0.2, -0.15) is 5.10 Å². The maximum Gasteiger partial charge on any atom is 0.340 e. The lowest BCUT2D eigenvalue weighted by atomic mass is 10.1. The summed E-state index contributed by atoms with van der Waals surface area (Å²) in [7, 11) is 0. The van der Waals surface area contributed by atoms with Crippen LogP contribution in [0.15, 0.2) is 29.1 Å². The standard InChI is InChI=1S/C9H10N4O/c10-5-6-1-3-7(4-2-6)8-11-9(14)13-12-8/h1-4H,5,10H2,(H2,11,12,13,14). The van der Waals surface area contributed by atoms with Gasteiger partial charge in [-0.15, -0.1) is 0 Å². The number of rotatable bonds is 2. The van der Waals surface area contributed by atoms with Crippen LogP contribution in [0, 0.1) is 0 Å². The molecule has 14 heavy (non-hydrogen) atoms. The second kappa shape index (κ2) is 3.47. The fourth-order valence-electron chi connectivity index (χ4n) is 1.21. The second-order valence-electron chi connectivity index (χ2n) is 2.93. The van der Waals surface area contributed by atoms with Crippen LogP contribution < -0.4 is 11.4 Å². The van der Waals surface area contributed by atoms with Gasteiger partial charge in [-0.25, -0.2) is 9.89 Å². The first-order chi connectivity index (χ1) is 6.79. The van der Waals surface area contributed by atoms with Crippen LogP contribution in [-0.2, 0) is 6.54 Å². The lowest BCUT2D eigenvalue weighted by molar-refractivity contribution is 1.05. The third-order valence-electron chi connectivity index (χ3n) is 1.96. The molecule has 1 heterocycles. The molecule has 0 spiro atoms. The van der Waals surface area contributed by atoms with E-state index in [0.717, 1.165) is 11.1 Å². The molecule has 2 rings (SSSR count). The normalized spacial score (nSPS) is 10.4. The number of nitrogens with one attached hydrogen (secondary N) is 2. The zero-order valence-electron chi connectivity index (χ0n) is 7.45. The van der Waals surface area contributed by atoms with Gasteiger partial charge in [0.05, 0.1) is 0 Å². The fraction of sp³-hybridized carbons (Fsp3) is 0.111. The van der Waals surface area contributed by atoms with Gasteiger partial charge in [0.1, 0.15) is 0 Å². The summed E-state index contributed by atoms with van der Waals surface area (Å²) >= 11 is 0. The maximum atomic E-state index is 10.8. The van der Waals surface area contributed by atoms with Gasteiger partial charge in [0.2, 0.25) is 0 Å². The highest BCUT2D eigenvalue weighted by molar-refractivity contribution is 5.54. The molecule has 0 aliphatic rings. The number of nitrogens with two attached hydrogens (primary N) is 1. The van der Waals surface area contributed by atoms with Crippen LogP contribution in [0.4, 0.5) is 0 Å². The van der Waals surface area contributed by atoms with Crippen molar-refractivity contribution in [2.24, 2.45) is 5.73 Å². The number of hydrogen-bond donors (Lipinski definition) is 3. The molecule has 0 radical (unpaired) electrons. The van der Waals surface area contributed by atoms with Crippen molar-refractivity contribution in [2.45, 2.75) is 6.54 Å². The average Bonchev–Trinajstić information content (AvgIpc) is 2.65. The quantitative estimate of drug-likeness (QED) is 0.633. The smallest absolute Gasteiger partial charge is 0.326 e. The number of hydrogen-bond acceptors (Lipinski definition) is 3. The Morgan fingerprint density at radius 3 is 2.50 bits per heavy atom. The van der Waals surface area contributed by atoms with E-state index in [1.165, 1.54) is 0 Å². The molecule has 0 saturated carbocycles. The third-order valence-corrected chi connectivity index (χ3v) is 1.96. The molecule has 0 amide bonds. The largest absolute Gasteiger partial charge is 0.340 e. The molecule has 1 aromatic heterocycles. The minimum absolute atomic E-state index is 0.303. The van der Waals surface area contributed by atoms with Crippen LogP contribution in [0.2, 0.25) is 0 Å². The van der Waals surface area contributed by atoms with Crippen molar-refractivity contribution in [3.8, 4) is 11.4 Å². The summed E-state index contributed by atoms with van der Waals surface area (Å²) in [4.78, 5) is 13.4. The molecule has 5 nitrogen and oxygen atoms in total. The highest BCUT2D eigenvalue weighted by Gasteiger charge is 2.00. The minimum atomic E-state index is -0.303. The first kappa shape index (κ1) is 8.71. The molecular formula is C9H10N4O. The predicted molar refractivity (Wildman–Crippen MR) is 52.5 cm³/mol. The van der Waals surface area contributed by atoms with Crippen molar-refractivity contribution in [3.63, 3.8) is 0 Å². The van der Waals surface area contributed by atoms with Gasteiger partial charge >= 0.3 is 5.69 Å². The molecule has 72 valence electrons. The fourth-order valence-corrected chi connectivity index (χ4v) is 1.21. The molecule has 4 N–H and O–H groups in total. The van der Waals surface area contributed by atoms with Crippen molar-refractivity contribution in [3.05, 3.63) is 40.3 Å². The zero-order valence-corrected chi connectivity index (χ0v) is 7.45. The molecule has 0 saturated heterocycles. The van der Waals surface area contributed by atoms with Crippen LogP contribution in [0.3, 0.4) is 0 Å². The van der Waals surface area contributed by atoms with Crippen molar-refractivity contribution in [1.82, 2.24) is 15.2 Å². The van der Waals surface area contributed by atoms with Gasteiger partial charge in [-0.3, -0.25) is 4.98 Å². The van der Waals surface area contributed by atoms with Gasteiger partial charge in [-0.1, -0.05) is 24.3 Å². The number of H-pyrrole nitrogens is 2. The summed E-state index contributed by atoms with van der Waals surface area (Å²) in [6.07, 6.45) is 0. The van der Waals surface area contributed by atoms with Crippen LogP contribution in [0.25, 0.3) is 11.4 Å².